The maximum atomic E-state index is 8.27. The molecule has 0 aliphatic heterocycles. The van der Waals surface area contributed by atoms with Crippen molar-refractivity contribution in [1.82, 2.24) is 0 Å². The quantitative estimate of drug-likeness (QED) is 0.353. The highest BCUT2D eigenvalue weighted by Gasteiger charge is 2.00. The first-order chi connectivity index (χ1) is 6.81. The van der Waals surface area contributed by atoms with E-state index in [0.717, 1.165) is 6.42 Å². The molecule has 0 aromatic rings. The maximum Gasteiger partial charge on any atom is 0.167 e. The van der Waals surface area contributed by atoms with Gasteiger partial charge in [-0.3, -0.25) is 0 Å². The standard InChI is InChI=1S/C10H16NO2P/c1-3-4-5-6-9-12-14(2)13-10-7-8-11/h3-5H,1,6-7,9-10H2,2H3/b5-4+. The first kappa shape index (κ1) is 13.3. The zero-order valence-electron chi connectivity index (χ0n) is 8.48. The monoisotopic (exact) mass is 213 g/mol. The number of allylic oxidation sites excluding steroid dienone is 2. The molecule has 14 heavy (non-hydrogen) atoms. The molecule has 0 aliphatic rings. The van der Waals surface area contributed by atoms with Crippen molar-refractivity contribution in [1.29, 1.82) is 5.26 Å². The number of nitrogens with zero attached hydrogens (tertiary/aromatic N) is 1. The molecule has 0 aromatic carbocycles. The summed E-state index contributed by atoms with van der Waals surface area (Å²) in [6, 6.07) is 2.01. The zero-order chi connectivity index (χ0) is 10.6. The summed E-state index contributed by atoms with van der Waals surface area (Å²) in [5.74, 6) is 0. The smallest absolute Gasteiger partial charge is 0.167 e. The van der Waals surface area contributed by atoms with E-state index in [-0.39, 0.29) is 0 Å². The molecule has 0 aliphatic carbocycles. The van der Waals surface area contributed by atoms with E-state index in [1.54, 1.807) is 6.08 Å². The lowest BCUT2D eigenvalue weighted by atomic mass is 10.4. The summed E-state index contributed by atoms with van der Waals surface area (Å²) in [7, 11) is -0.824. The maximum absolute atomic E-state index is 8.27. The molecule has 0 rings (SSSR count). The molecule has 0 radical (unpaired) electrons. The van der Waals surface area contributed by atoms with Crippen LogP contribution in [0.5, 0.6) is 0 Å². The Kier molecular flexibility index (Phi) is 9.90. The van der Waals surface area contributed by atoms with Crippen LogP contribution in [-0.4, -0.2) is 19.9 Å². The second kappa shape index (κ2) is 10.4. The molecule has 0 heterocycles. The molecule has 1 atom stereocenters. The van der Waals surface area contributed by atoms with Crippen LogP contribution in [0.2, 0.25) is 0 Å². The Morgan fingerprint density at radius 1 is 1.43 bits per heavy atom. The van der Waals surface area contributed by atoms with Gasteiger partial charge in [0, 0.05) is 6.66 Å². The van der Waals surface area contributed by atoms with E-state index in [9.17, 15) is 0 Å². The lowest BCUT2D eigenvalue weighted by Crippen LogP contribution is -1.92. The third-order valence-electron chi connectivity index (χ3n) is 1.32. The molecule has 0 N–H and O–H groups in total. The molecule has 1 unspecified atom stereocenters. The van der Waals surface area contributed by atoms with Crippen molar-refractivity contribution in [3.8, 4) is 6.07 Å². The van der Waals surface area contributed by atoms with Crippen molar-refractivity contribution >= 4 is 8.38 Å². The topological polar surface area (TPSA) is 42.2 Å². The second-order valence-corrected chi connectivity index (χ2v) is 3.86. The second-order valence-electron chi connectivity index (χ2n) is 2.47. The summed E-state index contributed by atoms with van der Waals surface area (Å²) < 4.78 is 10.6. The highest BCUT2D eigenvalue weighted by molar-refractivity contribution is 7.46. The van der Waals surface area contributed by atoms with Gasteiger partial charge >= 0.3 is 0 Å². The first-order valence-electron chi connectivity index (χ1n) is 4.45. The highest BCUT2D eigenvalue weighted by atomic mass is 31.2. The lowest BCUT2D eigenvalue weighted by molar-refractivity contribution is 0.260. The van der Waals surface area contributed by atoms with Crippen LogP contribution in [-0.2, 0) is 9.05 Å². The predicted molar refractivity (Wildman–Crippen MR) is 58.9 cm³/mol. The van der Waals surface area contributed by atoms with Crippen LogP contribution in [0.3, 0.4) is 0 Å². The van der Waals surface area contributed by atoms with Gasteiger partial charge in [0.25, 0.3) is 0 Å². The summed E-state index contributed by atoms with van der Waals surface area (Å²) in [6.07, 6.45) is 6.90. The summed E-state index contributed by atoms with van der Waals surface area (Å²) in [6.45, 7) is 6.57. The van der Waals surface area contributed by atoms with E-state index < -0.39 is 8.38 Å². The van der Waals surface area contributed by atoms with Crippen LogP contribution >= 0.6 is 8.38 Å². The van der Waals surface area contributed by atoms with Crippen LogP contribution in [0.4, 0.5) is 0 Å². The largest absolute Gasteiger partial charge is 0.334 e. The fraction of sp³-hybridized carbons (Fsp3) is 0.500. The summed E-state index contributed by atoms with van der Waals surface area (Å²) in [4.78, 5) is 0. The third kappa shape index (κ3) is 9.41. The zero-order valence-corrected chi connectivity index (χ0v) is 9.37. The average molecular weight is 213 g/mol. The molecule has 0 saturated carbocycles. The lowest BCUT2D eigenvalue weighted by Gasteiger charge is -2.10. The summed E-state index contributed by atoms with van der Waals surface area (Å²) >= 11 is 0. The number of hydrogen-bond acceptors (Lipinski definition) is 3. The van der Waals surface area contributed by atoms with Gasteiger partial charge in [-0.15, -0.1) is 0 Å². The van der Waals surface area contributed by atoms with E-state index in [0.29, 0.717) is 19.6 Å². The van der Waals surface area contributed by atoms with Crippen LogP contribution < -0.4 is 0 Å². The molecule has 0 spiro atoms. The first-order valence-corrected chi connectivity index (χ1v) is 6.07. The minimum absolute atomic E-state index is 0.423. The van der Waals surface area contributed by atoms with E-state index >= 15 is 0 Å². The van der Waals surface area contributed by atoms with Gasteiger partial charge in [0.15, 0.2) is 8.38 Å². The number of nitriles is 1. The molecular weight excluding hydrogens is 197 g/mol. The van der Waals surface area contributed by atoms with Crippen LogP contribution in [0.25, 0.3) is 0 Å². The van der Waals surface area contributed by atoms with E-state index in [1.165, 1.54) is 0 Å². The van der Waals surface area contributed by atoms with E-state index in [4.69, 9.17) is 14.3 Å². The Hall–Kier alpha value is -0.680. The third-order valence-corrected chi connectivity index (χ3v) is 2.41. The summed E-state index contributed by atoms with van der Waals surface area (Å²) in [5, 5.41) is 8.27. The fourth-order valence-corrected chi connectivity index (χ4v) is 1.48. The SMILES string of the molecule is C=C/C=C/CCOP(C)OCCC#N. The molecule has 78 valence electrons. The molecule has 0 saturated heterocycles. The van der Waals surface area contributed by atoms with Gasteiger partial charge < -0.3 is 9.05 Å². The number of hydrogen-bond donors (Lipinski definition) is 0. The molecular formula is C10H16NO2P. The van der Waals surface area contributed by atoms with Crippen molar-refractivity contribution in [3.05, 3.63) is 24.8 Å². The minimum atomic E-state index is -0.824. The Morgan fingerprint density at radius 2 is 2.14 bits per heavy atom. The van der Waals surface area contributed by atoms with Crippen LogP contribution in [0.15, 0.2) is 24.8 Å². The van der Waals surface area contributed by atoms with Gasteiger partial charge in [-0.05, 0) is 6.42 Å². The molecule has 3 nitrogen and oxygen atoms in total. The fourth-order valence-electron chi connectivity index (χ4n) is 0.699. The predicted octanol–water partition coefficient (Wildman–Crippen LogP) is 3.01. The number of rotatable bonds is 8. The van der Waals surface area contributed by atoms with Crippen molar-refractivity contribution in [3.63, 3.8) is 0 Å². The Balaban J connectivity index is 3.26. The van der Waals surface area contributed by atoms with Crippen molar-refractivity contribution in [2.45, 2.75) is 12.8 Å². The molecule has 0 bridgehead atoms. The Morgan fingerprint density at radius 3 is 2.79 bits per heavy atom. The minimum Gasteiger partial charge on any atom is -0.334 e. The summed E-state index contributed by atoms with van der Waals surface area (Å²) in [5.41, 5.74) is 0. The van der Waals surface area contributed by atoms with Crippen LogP contribution in [0.1, 0.15) is 12.8 Å². The molecule has 0 fully saturated rings. The van der Waals surface area contributed by atoms with Gasteiger partial charge in [-0.1, -0.05) is 24.8 Å². The van der Waals surface area contributed by atoms with Gasteiger partial charge in [-0.25, -0.2) is 0 Å². The molecule has 4 heteroatoms. The van der Waals surface area contributed by atoms with Crippen molar-refractivity contribution in [2.24, 2.45) is 0 Å². The molecule has 0 amide bonds. The highest BCUT2D eigenvalue weighted by Crippen LogP contribution is 2.33. The van der Waals surface area contributed by atoms with Gasteiger partial charge in [0.2, 0.25) is 0 Å². The van der Waals surface area contributed by atoms with Crippen molar-refractivity contribution in [2.75, 3.05) is 19.9 Å². The Labute approximate surface area is 86.9 Å². The average Bonchev–Trinajstić information content (AvgIpc) is 2.18. The van der Waals surface area contributed by atoms with Gasteiger partial charge in [0.1, 0.15) is 0 Å². The van der Waals surface area contributed by atoms with E-state index in [1.807, 2.05) is 24.9 Å². The van der Waals surface area contributed by atoms with Gasteiger partial charge in [0.05, 0.1) is 25.7 Å². The normalized spacial score (nSPS) is 12.6. The van der Waals surface area contributed by atoms with Gasteiger partial charge in [-0.2, -0.15) is 5.26 Å². The van der Waals surface area contributed by atoms with Crippen LogP contribution in [0, 0.1) is 11.3 Å². The molecule has 0 aromatic heterocycles. The van der Waals surface area contributed by atoms with E-state index in [2.05, 4.69) is 6.58 Å². The Bertz CT molecular complexity index is 211. The van der Waals surface area contributed by atoms with Crippen molar-refractivity contribution < 1.29 is 9.05 Å².